The number of amides is 1. The van der Waals surface area contributed by atoms with Crippen molar-refractivity contribution in [3.8, 4) is 0 Å². The molecule has 5 heteroatoms. The van der Waals surface area contributed by atoms with Crippen molar-refractivity contribution in [2.24, 2.45) is 0 Å². The second-order valence-electron chi connectivity index (χ2n) is 7.08. The van der Waals surface area contributed by atoms with E-state index in [1.54, 1.807) is 6.92 Å². The number of thioether (sulfide) groups is 1. The first-order chi connectivity index (χ1) is 13.6. The summed E-state index contributed by atoms with van der Waals surface area (Å²) in [7, 11) is 0. The molecule has 1 aliphatic rings. The van der Waals surface area contributed by atoms with Crippen molar-refractivity contribution in [1.82, 2.24) is 5.32 Å². The van der Waals surface area contributed by atoms with Crippen LogP contribution in [0.2, 0.25) is 0 Å². The van der Waals surface area contributed by atoms with Crippen molar-refractivity contribution < 1.29 is 14.3 Å². The molecule has 1 atom stereocenters. The van der Waals surface area contributed by atoms with Gasteiger partial charge in [0.2, 0.25) is 0 Å². The summed E-state index contributed by atoms with van der Waals surface area (Å²) in [6.45, 7) is 2.21. The van der Waals surface area contributed by atoms with Gasteiger partial charge in [-0.1, -0.05) is 42.0 Å². The van der Waals surface area contributed by atoms with Crippen molar-refractivity contribution in [3.63, 3.8) is 0 Å². The zero-order valence-corrected chi connectivity index (χ0v) is 17.1. The lowest BCUT2D eigenvalue weighted by Crippen LogP contribution is -2.36. The number of nitrogens with one attached hydrogen (secondary N) is 1. The van der Waals surface area contributed by atoms with Crippen molar-refractivity contribution in [2.45, 2.75) is 50.0 Å². The van der Waals surface area contributed by atoms with Gasteiger partial charge in [0.25, 0.3) is 5.91 Å². The summed E-state index contributed by atoms with van der Waals surface area (Å²) < 4.78 is 5.28. The number of carbonyl (C=O) groups is 2. The van der Waals surface area contributed by atoms with Gasteiger partial charge in [-0.15, -0.1) is 11.8 Å². The van der Waals surface area contributed by atoms with Crippen molar-refractivity contribution in [2.75, 3.05) is 12.3 Å². The lowest BCUT2D eigenvalue weighted by molar-refractivity contribution is -0.152. The molecule has 0 spiro atoms. The van der Waals surface area contributed by atoms with Gasteiger partial charge < -0.3 is 10.1 Å². The number of carbonyl (C=O) groups excluding carboxylic acids is 2. The smallest absolute Gasteiger partial charge is 0.317 e. The number of benzene rings is 2. The van der Waals surface area contributed by atoms with Crippen LogP contribution < -0.4 is 5.32 Å². The molecular weight excluding hydrogens is 370 g/mol. The molecule has 148 valence electrons. The van der Waals surface area contributed by atoms with Gasteiger partial charge in [-0.2, -0.15) is 0 Å². The molecule has 0 aromatic heterocycles. The standard InChI is InChI=1S/C23H27NO3S/c1-17(23(26)24-14-13-18-7-3-2-4-8-18)27-22(25)16-28-21-12-11-19-9-5-6-10-20(19)15-21/h5-7,9-12,15,17H,2-4,8,13-14,16H2,1H3,(H,24,26)/t17-/m1/s1. The fourth-order valence-electron chi connectivity index (χ4n) is 3.31. The molecule has 1 N–H and O–H groups in total. The molecule has 28 heavy (non-hydrogen) atoms. The van der Waals surface area contributed by atoms with Gasteiger partial charge in [-0.05, 0) is 61.9 Å². The van der Waals surface area contributed by atoms with Crippen LogP contribution in [0.25, 0.3) is 10.8 Å². The van der Waals surface area contributed by atoms with Gasteiger partial charge in [0.1, 0.15) is 0 Å². The van der Waals surface area contributed by atoms with Crippen LogP contribution >= 0.6 is 11.8 Å². The third-order valence-electron chi connectivity index (χ3n) is 4.89. The number of rotatable bonds is 8. The molecule has 0 bridgehead atoms. The summed E-state index contributed by atoms with van der Waals surface area (Å²) in [5.74, 6) is -0.431. The molecule has 1 aliphatic carbocycles. The normalized spacial score (nSPS) is 15.0. The molecule has 1 amide bonds. The number of hydrogen-bond donors (Lipinski definition) is 1. The Labute approximate surface area is 170 Å². The quantitative estimate of drug-likeness (QED) is 0.392. The second kappa shape index (κ2) is 10.3. The fraction of sp³-hybridized carbons (Fsp3) is 0.391. The average molecular weight is 398 g/mol. The monoisotopic (exact) mass is 397 g/mol. The van der Waals surface area contributed by atoms with Crippen LogP contribution in [0.3, 0.4) is 0 Å². The van der Waals surface area contributed by atoms with Crippen molar-refractivity contribution in [1.29, 1.82) is 0 Å². The Morgan fingerprint density at radius 2 is 1.96 bits per heavy atom. The van der Waals surface area contributed by atoms with Crippen LogP contribution in [-0.4, -0.2) is 30.3 Å². The van der Waals surface area contributed by atoms with Crippen LogP contribution in [0.1, 0.15) is 39.0 Å². The van der Waals surface area contributed by atoms with Gasteiger partial charge in [0, 0.05) is 11.4 Å². The van der Waals surface area contributed by atoms with E-state index in [1.165, 1.54) is 35.6 Å². The SMILES string of the molecule is C[C@@H](OC(=O)CSc1ccc2ccccc2c1)C(=O)NCCC1=CCCCC1. The van der Waals surface area contributed by atoms with E-state index in [4.69, 9.17) is 4.74 Å². The Bertz CT molecular complexity index is 862. The summed E-state index contributed by atoms with van der Waals surface area (Å²) in [6.07, 6.45) is 7.17. The zero-order valence-electron chi connectivity index (χ0n) is 16.3. The van der Waals surface area contributed by atoms with Crippen LogP contribution in [0.4, 0.5) is 0 Å². The Hall–Kier alpha value is -2.27. The molecule has 2 aromatic rings. The van der Waals surface area contributed by atoms with E-state index in [2.05, 4.69) is 23.5 Å². The number of ether oxygens (including phenoxy) is 1. The molecular formula is C23H27NO3S. The van der Waals surface area contributed by atoms with Gasteiger partial charge >= 0.3 is 5.97 Å². The van der Waals surface area contributed by atoms with Crippen LogP contribution in [0.5, 0.6) is 0 Å². The van der Waals surface area contributed by atoms with Gasteiger partial charge in [0.15, 0.2) is 6.10 Å². The molecule has 0 radical (unpaired) electrons. The Kier molecular flexibility index (Phi) is 7.54. The summed E-state index contributed by atoms with van der Waals surface area (Å²) in [6, 6.07) is 14.2. The molecule has 0 fully saturated rings. The Balaban J connectivity index is 1.39. The number of allylic oxidation sites excluding steroid dienone is 1. The maximum absolute atomic E-state index is 12.1. The van der Waals surface area contributed by atoms with Crippen molar-refractivity contribution >= 4 is 34.4 Å². The summed E-state index contributed by atoms with van der Waals surface area (Å²) in [5, 5.41) is 5.18. The second-order valence-corrected chi connectivity index (χ2v) is 8.13. The zero-order chi connectivity index (χ0) is 19.8. The van der Waals surface area contributed by atoms with E-state index in [-0.39, 0.29) is 17.6 Å². The van der Waals surface area contributed by atoms with E-state index in [0.29, 0.717) is 6.54 Å². The first kappa shape index (κ1) is 20.5. The predicted molar refractivity (Wildman–Crippen MR) is 114 cm³/mol. The number of fused-ring (bicyclic) bond motifs is 1. The number of esters is 1. The number of hydrogen-bond acceptors (Lipinski definition) is 4. The van der Waals surface area contributed by atoms with E-state index < -0.39 is 6.10 Å². The minimum Gasteiger partial charge on any atom is -0.452 e. The van der Waals surface area contributed by atoms with Crippen molar-refractivity contribution in [3.05, 3.63) is 54.1 Å². The summed E-state index contributed by atoms with van der Waals surface area (Å²) >= 11 is 1.42. The average Bonchev–Trinajstić information content (AvgIpc) is 2.72. The van der Waals surface area contributed by atoms with E-state index in [0.717, 1.165) is 29.5 Å². The van der Waals surface area contributed by atoms with Gasteiger partial charge in [-0.3, -0.25) is 9.59 Å². The third-order valence-corrected chi connectivity index (χ3v) is 5.85. The highest BCUT2D eigenvalue weighted by molar-refractivity contribution is 8.00. The summed E-state index contributed by atoms with van der Waals surface area (Å²) in [5.41, 5.74) is 1.42. The van der Waals surface area contributed by atoms with Crippen LogP contribution in [0, 0.1) is 0 Å². The van der Waals surface area contributed by atoms with Crippen LogP contribution in [-0.2, 0) is 14.3 Å². The Morgan fingerprint density at radius 1 is 1.14 bits per heavy atom. The van der Waals surface area contributed by atoms with E-state index in [1.807, 2.05) is 30.3 Å². The molecule has 2 aromatic carbocycles. The highest BCUT2D eigenvalue weighted by atomic mass is 32.2. The highest BCUT2D eigenvalue weighted by Crippen LogP contribution is 2.24. The lowest BCUT2D eigenvalue weighted by atomic mass is 9.97. The predicted octanol–water partition coefficient (Wildman–Crippen LogP) is 4.87. The van der Waals surface area contributed by atoms with E-state index >= 15 is 0 Å². The molecule has 0 saturated carbocycles. The fourth-order valence-corrected chi connectivity index (χ4v) is 4.03. The topological polar surface area (TPSA) is 55.4 Å². The lowest BCUT2D eigenvalue weighted by Gasteiger charge is -2.15. The van der Waals surface area contributed by atoms with Crippen LogP contribution in [0.15, 0.2) is 59.0 Å². The molecule has 0 saturated heterocycles. The highest BCUT2D eigenvalue weighted by Gasteiger charge is 2.17. The maximum Gasteiger partial charge on any atom is 0.317 e. The van der Waals surface area contributed by atoms with Gasteiger partial charge in [-0.25, -0.2) is 0 Å². The summed E-state index contributed by atoms with van der Waals surface area (Å²) in [4.78, 5) is 25.2. The minimum absolute atomic E-state index is 0.183. The molecule has 0 aliphatic heterocycles. The molecule has 0 heterocycles. The Morgan fingerprint density at radius 3 is 2.75 bits per heavy atom. The third kappa shape index (κ3) is 6.13. The molecule has 3 rings (SSSR count). The molecule has 0 unspecified atom stereocenters. The first-order valence-electron chi connectivity index (χ1n) is 9.88. The largest absolute Gasteiger partial charge is 0.452 e. The minimum atomic E-state index is -0.773. The first-order valence-corrected chi connectivity index (χ1v) is 10.9. The molecule has 4 nitrogen and oxygen atoms in total. The van der Waals surface area contributed by atoms with E-state index in [9.17, 15) is 9.59 Å². The maximum atomic E-state index is 12.1. The van der Waals surface area contributed by atoms with Gasteiger partial charge in [0.05, 0.1) is 5.75 Å².